The summed E-state index contributed by atoms with van der Waals surface area (Å²) in [6.07, 6.45) is 1.79. The molecule has 1 fully saturated rings. The maximum absolute atomic E-state index is 12.7. The van der Waals surface area contributed by atoms with Crippen LogP contribution in [0.15, 0.2) is 48.6 Å². The van der Waals surface area contributed by atoms with Gasteiger partial charge >= 0.3 is 0 Å². The van der Waals surface area contributed by atoms with Gasteiger partial charge in [0, 0.05) is 42.0 Å². The molecule has 3 N–H and O–H groups in total. The number of piperidine rings is 1. The summed E-state index contributed by atoms with van der Waals surface area (Å²) in [5.74, 6) is 0.740. The van der Waals surface area contributed by atoms with Gasteiger partial charge in [0.15, 0.2) is 17.6 Å². The number of para-hydroxylation sites is 1. The SMILES string of the molecule is C=C(C)CN1CC[C@]23c4c5ccc(O)c4OC2c2[nH]c4ccccc4c2C[C@@]3(O)C1C5. The predicted octanol–water partition coefficient (Wildman–Crippen LogP) is 3.74. The van der Waals surface area contributed by atoms with Gasteiger partial charge in [0.05, 0.1) is 16.7 Å². The van der Waals surface area contributed by atoms with Gasteiger partial charge < -0.3 is 19.9 Å². The molecule has 1 aromatic heterocycles. The number of hydrogen-bond donors (Lipinski definition) is 3. The Balaban J connectivity index is 1.54. The fraction of sp³-hybridized carbons (Fsp3) is 0.385. The molecule has 5 heteroatoms. The van der Waals surface area contributed by atoms with Crippen LogP contribution in [0.5, 0.6) is 11.5 Å². The van der Waals surface area contributed by atoms with E-state index in [1.54, 1.807) is 6.07 Å². The van der Waals surface area contributed by atoms with Gasteiger partial charge in [-0.05, 0) is 43.0 Å². The molecule has 2 aliphatic carbocycles. The third kappa shape index (κ3) is 1.91. The highest BCUT2D eigenvalue weighted by molar-refractivity contribution is 5.86. The number of fused-ring (bicyclic) bond motifs is 4. The van der Waals surface area contributed by atoms with Gasteiger partial charge in [-0.25, -0.2) is 0 Å². The van der Waals surface area contributed by atoms with E-state index < -0.39 is 11.0 Å². The molecule has 0 saturated carbocycles. The Morgan fingerprint density at radius 2 is 2.13 bits per heavy atom. The highest BCUT2D eigenvalue weighted by Crippen LogP contribution is 2.68. The molecule has 0 radical (unpaired) electrons. The lowest BCUT2D eigenvalue weighted by Crippen LogP contribution is -2.74. The first-order chi connectivity index (χ1) is 14.9. The van der Waals surface area contributed by atoms with Gasteiger partial charge in [0.25, 0.3) is 0 Å². The summed E-state index contributed by atoms with van der Waals surface area (Å²) in [5.41, 5.74) is 5.08. The van der Waals surface area contributed by atoms with Crippen LogP contribution < -0.4 is 4.74 Å². The molecule has 0 amide bonds. The number of benzene rings is 2. The Hall–Kier alpha value is -2.76. The molecule has 2 unspecified atom stereocenters. The van der Waals surface area contributed by atoms with Crippen molar-refractivity contribution in [3.63, 3.8) is 0 Å². The molecular formula is C26H26N2O3. The van der Waals surface area contributed by atoms with Crippen LogP contribution in [0.3, 0.4) is 0 Å². The summed E-state index contributed by atoms with van der Waals surface area (Å²) in [7, 11) is 0. The number of aromatic hydroxyl groups is 1. The lowest BCUT2D eigenvalue weighted by atomic mass is 9.49. The Morgan fingerprint density at radius 1 is 1.29 bits per heavy atom. The summed E-state index contributed by atoms with van der Waals surface area (Å²) in [6, 6.07) is 12.1. The highest BCUT2D eigenvalue weighted by atomic mass is 16.5. The van der Waals surface area contributed by atoms with Crippen LogP contribution in [-0.4, -0.2) is 44.8 Å². The molecule has 1 spiro atoms. The fourth-order valence-corrected chi connectivity index (χ4v) is 7.26. The molecule has 4 atom stereocenters. The van der Waals surface area contributed by atoms with Crippen molar-refractivity contribution in [2.45, 2.75) is 49.3 Å². The quantitative estimate of drug-likeness (QED) is 0.559. The Kier molecular flexibility index (Phi) is 3.19. The number of aromatic amines is 1. The number of nitrogens with zero attached hydrogens (tertiary/aromatic N) is 1. The van der Waals surface area contributed by atoms with Gasteiger partial charge in [-0.3, -0.25) is 4.90 Å². The predicted molar refractivity (Wildman–Crippen MR) is 119 cm³/mol. The third-order valence-electron chi connectivity index (χ3n) is 8.35. The van der Waals surface area contributed by atoms with Crippen molar-refractivity contribution in [1.29, 1.82) is 0 Å². The van der Waals surface area contributed by atoms with E-state index in [-0.39, 0.29) is 17.9 Å². The second-order valence-electron chi connectivity index (χ2n) is 9.98. The second kappa shape index (κ2) is 5.53. The van der Waals surface area contributed by atoms with Crippen LogP contribution in [0.2, 0.25) is 0 Å². The van der Waals surface area contributed by atoms with Crippen molar-refractivity contribution in [3.05, 3.63) is 70.9 Å². The number of likely N-dealkylation sites (tertiary alicyclic amines) is 1. The molecule has 31 heavy (non-hydrogen) atoms. The minimum absolute atomic E-state index is 0.0196. The van der Waals surface area contributed by atoms with Crippen molar-refractivity contribution in [3.8, 4) is 11.5 Å². The summed E-state index contributed by atoms with van der Waals surface area (Å²) >= 11 is 0. The number of phenols is 1. The largest absolute Gasteiger partial charge is 0.504 e. The number of ether oxygens (including phenoxy) is 1. The van der Waals surface area contributed by atoms with Gasteiger partial charge in [-0.15, -0.1) is 0 Å². The number of hydrogen-bond acceptors (Lipinski definition) is 4. The lowest BCUT2D eigenvalue weighted by molar-refractivity contribution is -0.170. The Morgan fingerprint density at radius 3 is 2.97 bits per heavy atom. The minimum atomic E-state index is -0.977. The molecule has 3 heterocycles. The number of H-pyrrole nitrogens is 1. The summed E-state index contributed by atoms with van der Waals surface area (Å²) in [5, 5.41) is 24.5. The first-order valence-corrected chi connectivity index (χ1v) is 11.2. The molecule has 4 aliphatic rings. The van der Waals surface area contributed by atoms with E-state index in [9.17, 15) is 10.2 Å². The van der Waals surface area contributed by atoms with Crippen LogP contribution in [0, 0.1) is 0 Å². The normalized spacial score (nSPS) is 32.5. The standard InChI is InChI=1S/C26H26N2O3/c1-14(2)13-28-10-9-25-21-15-7-8-19(29)23(21)31-24(25)22-17(12-26(25,30)20(28)11-15)16-5-3-4-6-18(16)27-22/h3-8,20,24,27,29-30H,1,9-13H2,2H3/t20?,24?,25-,26+/m0/s1. The molecule has 158 valence electrons. The van der Waals surface area contributed by atoms with Gasteiger partial charge in [-0.2, -0.15) is 0 Å². The van der Waals surface area contributed by atoms with Crippen molar-refractivity contribution in [2.75, 3.05) is 13.1 Å². The summed E-state index contributed by atoms with van der Waals surface area (Å²) in [6.45, 7) is 7.87. The molecule has 2 bridgehead atoms. The number of phenolic OH excluding ortho intramolecular Hbond substituents is 1. The van der Waals surface area contributed by atoms with Crippen LogP contribution in [-0.2, 0) is 18.3 Å². The second-order valence-corrected chi connectivity index (χ2v) is 9.98. The van der Waals surface area contributed by atoms with Crippen LogP contribution in [0.1, 0.15) is 41.8 Å². The minimum Gasteiger partial charge on any atom is -0.504 e. The van der Waals surface area contributed by atoms with Gasteiger partial charge in [0.1, 0.15) is 0 Å². The number of rotatable bonds is 2. The van der Waals surface area contributed by atoms with E-state index in [1.807, 2.05) is 18.2 Å². The van der Waals surface area contributed by atoms with E-state index in [4.69, 9.17) is 4.74 Å². The maximum atomic E-state index is 12.7. The summed E-state index contributed by atoms with van der Waals surface area (Å²) in [4.78, 5) is 6.03. The average molecular weight is 415 g/mol. The zero-order chi connectivity index (χ0) is 21.1. The van der Waals surface area contributed by atoms with Crippen molar-refractivity contribution in [1.82, 2.24) is 9.88 Å². The van der Waals surface area contributed by atoms with Gasteiger partial charge in [-0.1, -0.05) is 36.4 Å². The molecule has 5 nitrogen and oxygen atoms in total. The molecule has 7 rings (SSSR count). The van der Waals surface area contributed by atoms with Crippen LogP contribution in [0.4, 0.5) is 0 Å². The Labute approximate surface area is 181 Å². The molecule has 3 aromatic rings. The van der Waals surface area contributed by atoms with E-state index >= 15 is 0 Å². The number of nitrogens with one attached hydrogen (secondary N) is 1. The lowest BCUT2D eigenvalue weighted by Gasteiger charge is -2.62. The zero-order valence-corrected chi connectivity index (χ0v) is 17.6. The van der Waals surface area contributed by atoms with E-state index in [1.165, 1.54) is 5.56 Å². The Bertz CT molecular complexity index is 1290. The van der Waals surface area contributed by atoms with Crippen molar-refractivity contribution in [2.24, 2.45) is 0 Å². The summed E-state index contributed by atoms with van der Waals surface area (Å²) < 4.78 is 6.57. The first-order valence-electron chi connectivity index (χ1n) is 11.2. The topological polar surface area (TPSA) is 68.7 Å². The highest BCUT2D eigenvalue weighted by Gasteiger charge is 2.72. The maximum Gasteiger partial charge on any atom is 0.166 e. The number of aliphatic hydroxyl groups is 1. The van der Waals surface area contributed by atoms with Crippen LogP contribution >= 0.6 is 0 Å². The van der Waals surface area contributed by atoms with E-state index in [2.05, 4.69) is 35.5 Å². The van der Waals surface area contributed by atoms with Crippen LogP contribution in [0.25, 0.3) is 10.9 Å². The fourth-order valence-electron chi connectivity index (χ4n) is 7.26. The molecule has 2 aliphatic heterocycles. The van der Waals surface area contributed by atoms with Crippen molar-refractivity contribution < 1.29 is 14.9 Å². The zero-order valence-electron chi connectivity index (χ0n) is 17.6. The van der Waals surface area contributed by atoms with Crippen molar-refractivity contribution >= 4 is 10.9 Å². The van der Waals surface area contributed by atoms with E-state index in [0.717, 1.165) is 59.2 Å². The smallest absolute Gasteiger partial charge is 0.166 e. The third-order valence-corrected chi connectivity index (χ3v) is 8.35. The molecular weight excluding hydrogens is 388 g/mol. The first kappa shape index (κ1) is 17.9. The average Bonchev–Trinajstić information content (AvgIpc) is 3.27. The monoisotopic (exact) mass is 414 g/mol. The molecule has 2 aromatic carbocycles. The van der Waals surface area contributed by atoms with Gasteiger partial charge in [0.2, 0.25) is 0 Å². The number of aromatic nitrogens is 1. The van der Waals surface area contributed by atoms with E-state index in [0.29, 0.717) is 12.2 Å². The molecule has 1 saturated heterocycles.